The Morgan fingerprint density at radius 2 is 1.25 bits per heavy atom. The van der Waals surface area contributed by atoms with Gasteiger partial charge in [-0.1, -0.05) is 83.0 Å². The number of hydrogen-bond acceptors (Lipinski definition) is 10. The van der Waals surface area contributed by atoms with Gasteiger partial charge in [-0.15, -0.1) is 4.40 Å². The zero-order valence-corrected chi connectivity index (χ0v) is 40.5. The van der Waals surface area contributed by atoms with E-state index in [9.17, 15) is 27.6 Å². The largest absolute Gasteiger partial charge is 0.453 e. The zero-order chi connectivity index (χ0) is 48.1. The number of hydrogen-bond donors (Lipinski definition) is 4. The van der Waals surface area contributed by atoms with Crippen LogP contribution < -0.4 is 16.0 Å². The first-order valence-electron chi connectivity index (χ1n) is 24.0. The van der Waals surface area contributed by atoms with Crippen LogP contribution in [0.25, 0.3) is 33.5 Å². The highest BCUT2D eigenvalue weighted by atomic mass is 32.2. The van der Waals surface area contributed by atoms with Crippen molar-refractivity contribution >= 4 is 45.5 Å². The van der Waals surface area contributed by atoms with Gasteiger partial charge in [-0.05, 0) is 120 Å². The molecule has 4 unspecified atom stereocenters. The summed E-state index contributed by atoms with van der Waals surface area (Å²) in [6.07, 6.45) is 9.90. The second kappa shape index (κ2) is 18.7. The van der Waals surface area contributed by atoms with Crippen molar-refractivity contribution in [2.24, 2.45) is 21.6 Å². The third-order valence-corrected chi connectivity index (χ3v) is 16.2. The van der Waals surface area contributed by atoms with E-state index in [1.807, 2.05) is 50.9 Å². The number of sulfonamides is 1. The Bertz CT molecular complexity index is 2760. The van der Waals surface area contributed by atoms with Crippen molar-refractivity contribution in [3.63, 3.8) is 0 Å². The molecule has 3 fully saturated rings. The van der Waals surface area contributed by atoms with Gasteiger partial charge >= 0.3 is 12.2 Å². The summed E-state index contributed by atoms with van der Waals surface area (Å²) in [6.45, 7) is 8.45. The van der Waals surface area contributed by atoms with Crippen LogP contribution in [0, 0.1) is 17.3 Å². The number of aromatic amines is 1. The van der Waals surface area contributed by atoms with Crippen LogP contribution in [-0.4, -0.2) is 103 Å². The molecule has 2 saturated heterocycles. The van der Waals surface area contributed by atoms with Crippen LogP contribution in [0.5, 0.6) is 0 Å². The molecule has 5 aliphatic rings. The average molecular weight is 947 g/mol. The lowest BCUT2D eigenvalue weighted by atomic mass is 9.82. The molecule has 0 radical (unpaired) electrons. The first-order valence-corrected chi connectivity index (χ1v) is 25.4. The van der Waals surface area contributed by atoms with Crippen molar-refractivity contribution in [1.29, 1.82) is 0 Å². The maximum Gasteiger partial charge on any atom is 0.407 e. The third-order valence-electron chi connectivity index (χ3n) is 14.8. The Kier molecular flexibility index (Phi) is 12.9. The Morgan fingerprint density at radius 1 is 0.721 bits per heavy atom. The molecule has 4 N–H and O–H groups in total. The van der Waals surface area contributed by atoms with Gasteiger partial charge in [0.1, 0.15) is 28.6 Å². The molecule has 1 aromatic heterocycles. The minimum Gasteiger partial charge on any atom is -0.453 e. The van der Waals surface area contributed by atoms with Gasteiger partial charge in [-0.25, -0.2) is 14.6 Å². The van der Waals surface area contributed by atoms with Crippen LogP contribution in [0.1, 0.15) is 102 Å². The van der Waals surface area contributed by atoms with Crippen molar-refractivity contribution < 1.29 is 37.1 Å². The lowest BCUT2D eigenvalue weighted by molar-refractivity contribution is -0.135. The minimum atomic E-state index is -4.09. The van der Waals surface area contributed by atoms with Gasteiger partial charge in [-0.3, -0.25) is 9.59 Å². The number of methoxy groups -OCH3 is 2. The number of aromatic nitrogens is 2. The zero-order valence-electron chi connectivity index (χ0n) is 39.7. The number of anilines is 1. The van der Waals surface area contributed by atoms with Crippen LogP contribution in [0.15, 0.2) is 70.1 Å². The van der Waals surface area contributed by atoms with E-state index < -0.39 is 40.3 Å². The number of amidine groups is 1. The lowest BCUT2D eigenvalue weighted by Gasteiger charge is -2.32. The fourth-order valence-electron chi connectivity index (χ4n) is 11.3. The molecule has 0 bridgehead atoms. The number of carbonyl (C=O) groups excluding carboxylic acids is 4. The molecule has 3 aromatic carbocycles. The number of nitrogens with one attached hydrogen (secondary N) is 4. The fourth-order valence-corrected chi connectivity index (χ4v) is 12.5. The maximum absolute atomic E-state index is 13.9. The molecule has 4 amide bonds. The molecule has 9 rings (SSSR count). The number of nitrogens with zero attached hydrogens (tertiary/aromatic N) is 4. The van der Waals surface area contributed by atoms with Gasteiger partial charge in [0.05, 0.1) is 43.9 Å². The van der Waals surface area contributed by atoms with E-state index in [-0.39, 0.29) is 45.8 Å². The van der Waals surface area contributed by atoms with E-state index in [4.69, 9.17) is 14.5 Å². The van der Waals surface area contributed by atoms with E-state index in [1.165, 1.54) is 56.6 Å². The van der Waals surface area contributed by atoms with Crippen molar-refractivity contribution in [2.45, 2.75) is 121 Å². The number of alkyl carbamates (subject to hydrolysis) is 2. The number of fused-ring (bicyclic) bond motifs is 2. The Morgan fingerprint density at radius 3 is 1.82 bits per heavy atom. The van der Waals surface area contributed by atoms with E-state index in [1.54, 1.807) is 11.0 Å². The highest BCUT2D eigenvalue weighted by Crippen LogP contribution is 2.53. The van der Waals surface area contributed by atoms with Crippen molar-refractivity contribution in [2.75, 3.05) is 32.6 Å². The molecule has 4 heterocycles. The van der Waals surface area contributed by atoms with Crippen LogP contribution in [-0.2, 0) is 41.9 Å². The molecule has 360 valence electrons. The van der Waals surface area contributed by atoms with Gasteiger partial charge in [0.15, 0.2) is 0 Å². The summed E-state index contributed by atoms with van der Waals surface area (Å²) in [6, 6.07) is 15.9. The van der Waals surface area contributed by atoms with Crippen molar-refractivity contribution in [3.05, 3.63) is 77.7 Å². The summed E-state index contributed by atoms with van der Waals surface area (Å²) < 4.78 is 41.4. The lowest BCUT2D eigenvalue weighted by Crippen LogP contribution is -2.54. The number of H-pyrrole nitrogens is 1. The van der Waals surface area contributed by atoms with Crippen LogP contribution in [0.3, 0.4) is 0 Å². The number of imidazole rings is 1. The van der Waals surface area contributed by atoms with Gasteiger partial charge in [0.25, 0.3) is 10.0 Å². The molecule has 4 aromatic rings. The summed E-state index contributed by atoms with van der Waals surface area (Å²) in [5.74, 6) is 0.0817. The average Bonchev–Trinajstić information content (AvgIpc) is 4.19. The Balaban J connectivity index is 0.975. The maximum atomic E-state index is 13.9. The number of carbonyl (C=O) groups is 4. The van der Waals surface area contributed by atoms with Crippen LogP contribution >= 0.6 is 0 Å². The van der Waals surface area contributed by atoms with Gasteiger partial charge < -0.3 is 40.2 Å². The van der Waals surface area contributed by atoms with Crippen molar-refractivity contribution in [3.8, 4) is 33.5 Å². The molecule has 3 aliphatic heterocycles. The number of amides is 4. The van der Waals surface area contributed by atoms with Gasteiger partial charge in [0, 0.05) is 13.1 Å². The Hall–Kier alpha value is -6.23. The first kappa shape index (κ1) is 46.9. The smallest absolute Gasteiger partial charge is 0.407 e. The quantitative estimate of drug-likeness (QED) is 0.114. The predicted octanol–water partition coefficient (Wildman–Crippen LogP) is 8.00. The molecule has 4 atom stereocenters. The molecule has 1 spiro atoms. The van der Waals surface area contributed by atoms with Crippen LogP contribution in [0.2, 0.25) is 0 Å². The van der Waals surface area contributed by atoms with Crippen LogP contribution in [0.4, 0.5) is 15.3 Å². The summed E-state index contributed by atoms with van der Waals surface area (Å²) >= 11 is 0. The predicted molar refractivity (Wildman–Crippen MR) is 258 cm³/mol. The number of benzene rings is 3. The standard InChI is InChI=1S/C51H62N8O8S/c1-29(2)43(55-49(62)66-5)47(60)58-23-9-11-40(58)45-52-28-39(54-45)32-15-13-31(14-16-32)34-18-19-35(37-27-51(26-36(34)37)21-7-8-22-51)33-17-20-42-38(25-33)53-46(57-68(42,64)65)41-12-10-24-59(41)48(61)44(30(3)4)56-50(63)67-6/h13-20,25,28-30,40-41,43-44H,7-12,21-24,26-27H2,1-6H3,(H,52,54)(H,53,57)(H,55,62)(H,56,63). The minimum absolute atomic E-state index is 0.0834. The topological polar surface area (TPSA) is 204 Å². The normalized spacial score (nSPS) is 21.0. The van der Waals surface area contributed by atoms with Crippen molar-refractivity contribution in [1.82, 2.24) is 30.4 Å². The SMILES string of the molecule is COC(=O)NC(C(=O)N1CCCC1C1=NS(=O)(=O)c2ccc(-c3ccc(-c4ccc(-c5cnc(C6CCCN6C(=O)C(NC(=O)OC)C(C)C)[nH]5)cc4)c4c3CC3(CCCC3)C4)cc2N1)C(C)C. The monoisotopic (exact) mass is 946 g/mol. The first-order chi connectivity index (χ1) is 32.6. The molecule has 16 nitrogen and oxygen atoms in total. The molecule has 17 heteroatoms. The number of ether oxygens (including phenoxy) is 2. The third kappa shape index (κ3) is 8.85. The second-order valence-electron chi connectivity index (χ2n) is 19.8. The second-order valence-corrected chi connectivity index (χ2v) is 21.4. The fraction of sp³-hybridized carbons (Fsp3) is 0.490. The van der Waals surface area contributed by atoms with E-state index in [2.05, 4.69) is 61.7 Å². The number of likely N-dealkylation sites (tertiary alicyclic amines) is 2. The Labute approximate surface area is 398 Å². The number of rotatable bonds is 11. The van der Waals surface area contributed by atoms with E-state index in [0.717, 1.165) is 53.6 Å². The van der Waals surface area contributed by atoms with E-state index in [0.29, 0.717) is 37.4 Å². The molecule has 68 heavy (non-hydrogen) atoms. The summed E-state index contributed by atoms with van der Waals surface area (Å²) in [7, 11) is -1.56. The van der Waals surface area contributed by atoms with Gasteiger partial charge in [-0.2, -0.15) is 8.42 Å². The molecular weight excluding hydrogens is 885 g/mol. The summed E-state index contributed by atoms with van der Waals surface area (Å²) in [5.41, 5.74) is 9.32. The highest BCUT2D eigenvalue weighted by Gasteiger charge is 2.43. The molecule has 1 saturated carbocycles. The van der Waals surface area contributed by atoms with Gasteiger partial charge in [0.2, 0.25) is 11.8 Å². The van der Waals surface area contributed by atoms with E-state index >= 15 is 0 Å². The molecular formula is C51H62N8O8S. The molecule has 2 aliphatic carbocycles. The summed E-state index contributed by atoms with van der Waals surface area (Å²) in [5, 5.41) is 8.71. The highest BCUT2D eigenvalue weighted by molar-refractivity contribution is 7.90. The summed E-state index contributed by atoms with van der Waals surface area (Å²) in [4.78, 5) is 63.6.